The lowest BCUT2D eigenvalue weighted by Gasteiger charge is -2.27. The summed E-state index contributed by atoms with van der Waals surface area (Å²) in [7, 11) is 1.64. The Kier molecular flexibility index (Phi) is 7.00. The minimum absolute atomic E-state index is 0.0991. The number of methoxy groups -OCH3 is 1. The highest BCUT2D eigenvalue weighted by Crippen LogP contribution is 2.03. The van der Waals surface area contributed by atoms with Crippen molar-refractivity contribution < 1.29 is 9.53 Å². The Hall–Kier alpha value is -0.280. The lowest BCUT2D eigenvalue weighted by molar-refractivity contribution is -0.133. The molecule has 4 heteroatoms. The predicted octanol–water partition coefficient (Wildman–Crippen LogP) is 1.50. The smallest absolute Gasteiger partial charge is 0.224 e. The zero-order valence-corrected chi connectivity index (χ0v) is 9.30. The molecule has 0 fully saturated rings. The molecular formula is C9H18ClNO2. The number of hydrogen-bond acceptors (Lipinski definition) is 2. The number of ether oxygens (including phenoxy) is 1. The fourth-order valence-electron chi connectivity index (χ4n) is 1.29. The van der Waals surface area contributed by atoms with Crippen LogP contribution in [-0.2, 0) is 9.53 Å². The van der Waals surface area contributed by atoms with E-state index in [0.717, 1.165) is 0 Å². The zero-order chi connectivity index (χ0) is 10.3. The van der Waals surface area contributed by atoms with Crippen LogP contribution in [0, 0.1) is 0 Å². The number of carbonyl (C=O) groups excluding carboxylic acids is 1. The molecule has 1 atom stereocenters. The third-order valence-corrected chi connectivity index (χ3v) is 2.10. The van der Waals surface area contributed by atoms with Crippen LogP contribution in [0.25, 0.3) is 0 Å². The van der Waals surface area contributed by atoms with Crippen molar-refractivity contribution in [2.24, 2.45) is 0 Å². The average Bonchev–Trinajstić information content (AvgIpc) is 2.06. The summed E-state index contributed by atoms with van der Waals surface area (Å²) in [5.41, 5.74) is 0. The maximum absolute atomic E-state index is 11.5. The number of rotatable bonds is 6. The molecule has 13 heavy (non-hydrogen) atoms. The highest BCUT2D eigenvalue weighted by Gasteiger charge is 2.16. The number of halogens is 1. The van der Waals surface area contributed by atoms with E-state index in [2.05, 4.69) is 0 Å². The molecule has 0 aliphatic heterocycles. The van der Waals surface area contributed by atoms with Gasteiger partial charge in [0.2, 0.25) is 5.91 Å². The van der Waals surface area contributed by atoms with E-state index >= 15 is 0 Å². The predicted molar refractivity (Wildman–Crippen MR) is 54.1 cm³/mol. The van der Waals surface area contributed by atoms with Gasteiger partial charge in [-0.2, -0.15) is 0 Å². The molecule has 0 aliphatic carbocycles. The van der Waals surface area contributed by atoms with Crippen molar-refractivity contribution in [2.75, 3.05) is 26.1 Å². The molecule has 0 saturated carbocycles. The van der Waals surface area contributed by atoms with Crippen molar-refractivity contribution >= 4 is 17.5 Å². The van der Waals surface area contributed by atoms with Crippen LogP contribution in [0.15, 0.2) is 0 Å². The minimum Gasteiger partial charge on any atom is -0.383 e. The van der Waals surface area contributed by atoms with Crippen molar-refractivity contribution in [3.8, 4) is 0 Å². The highest BCUT2D eigenvalue weighted by atomic mass is 35.5. The molecule has 0 N–H and O–H groups in total. The van der Waals surface area contributed by atoms with Gasteiger partial charge in [0.1, 0.15) is 0 Å². The Morgan fingerprint density at radius 2 is 2.23 bits per heavy atom. The lowest BCUT2D eigenvalue weighted by Crippen LogP contribution is -2.40. The van der Waals surface area contributed by atoms with E-state index in [1.165, 1.54) is 0 Å². The molecule has 0 saturated heterocycles. The van der Waals surface area contributed by atoms with Gasteiger partial charge in [0.25, 0.3) is 0 Å². The SMILES string of the molecule is CCN(C(=O)CCCl)C(C)COC. The third kappa shape index (κ3) is 4.48. The van der Waals surface area contributed by atoms with E-state index in [0.29, 0.717) is 25.5 Å². The molecular weight excluding hydrogens is 190 g/mol. The molecule has 0 heterocycles. The fraction of sp³-hybridized carbons (Fsp3) is 0.889. The first-order chi connectivity index (χ1) is 6.17. The molecule has 0 aromatic heterocycles. The summed E-state index contributed by atoms with van der Waals surface area (Å²) in [4.78, 5) is 13.3. The second-order valence-electron chi connectivity index (χ2n) is 2.92. The van der Waals surface area contributed by atoms with Crippen molar-refractivity contribution in [3.63, 3.8) is 0 Å². The van der Waals surface area contributed by atoms with Crippen LogP contribution in [0.3, 0.4) is 0 Å². The van der Waals surface area contributed by atoms with Gasteiger partial charge in [-0.3, -0.25) is 4.79 Å². The Morgan fingerprint density at radius 1 is 1.62 bits per heavy atom. The number of likely N-dealkylation sites (N-methyl/N-ethyl adjacent to an activating group) is 1. The van der Waals surface area contributed by atoms with Crippen molar-refractivity contribution in [1.29, 1.82) is 0 Å². The quantitative estimate of drug-likeness (QED) is 0.618. The second kappa shape index (κ2) is 7.15. The maximum Gasteiger partial charge on any atom is 0.224 e. The molecule has 0 radical (unpaired) electrons. The second-order valence-corrected chi connectivity index (χ2v) is 3.30. The monoisotopic (exact) mass is 207 g/mol. The van der Waals surface area contributed by atoms with Crippen LogP contribution in [0.4, 0.5) is 0 Å². The van der Waals surface area contributed by atoms with Gasteiger partial charge in [0.05, 0.1) is 12.6 Å². The molecule has 0 aromatic rings. The van der Waals surface area contributed by atoms with Crippen molar-refractivity contribution in [2.45, 2.75) is 26.3 Å². The van der Waals surface area contributed by atoms with Crippen LogP contribution in [0.5, 0.6) is 0 Å². The van der Waals surface area contributed by atoms with Gasteiger partial charge in [-0.15, -0.1) is 11.6 Å². The summed E-state index contributed by atoms with van der Waals surface area (Å²) in [5, 5.41) is 0. The van der Waals surface area contributed by atoms with Gasteiger partial charge in [-0.05, 0) is 13.8 Å². The van der Waals surface area contributed by atoms with Gasteiger partial charge >= 0.3 is 0 Å². The highest BCUT2D eigenvalue weighted by molar-refractivity contribution is 6.18. The summed E-state index contributed by atoms with van der Waals surface area (Å²) in [6.45, 7) is 5.21. The van der Waals surface area contributed by atoms with E-state index < -0.39 is 0 Å². The van der Waals surface area contributed by atoms with Gasteiger partial charge < -0.3 is 9.64 Å². The summed E-state index contributed by atoms with van der Waals surface area (Å²) in [6.07, 6.45) is 0.406. The molecule has 0 spiro atoms. The molecule has 0 aromatic carbocycles. The van der Waals surface area contributed by atoms with Crippen LogP contribution in [0.2, 0.25) is 0 Å². The van der Waals surface area contributed by atoms with E-state index in [1.807, 2.05) is 13.8 Å². The summed E-state index contributed by atoms with van der Waals surface area (Å²) in [5.74, 6) is 0.483. The molecule has 1 unspecified atom stereocenters. The number of nitrogens with zero attached hydrogens (tertiary/aromatic N) is 1. The molecule has 0 aliphatic rings. The minimum atomic E-state index is 0.0991. The first kappa shape index (κ1) is 12.7. The van der Waals surface area contributed by atoms with Crippen molar-refractivity contribution in [1.82, 2.24) is 4.90 Å². The van der Waals surface area contributed by atoms with Crippen LogP contribution >= 0.6 is 11.6 Å². The van der Waals surface area contributed by atoms with Crippen LogP contribution in [0.1, 0.15) is 20.3 Å². The Balaban J connectivity index is 4.06. The molecule has 0 bridgehead atoms. The summed E-state index contributed by atoms with van der Waals surface area (Å²) in [6, 6.07) is 0.130. The maximum atomic E-state index is 11.5. The molecule has 1 amide bonds. The lowest BCUT2D eigenvalue weighted by atomic mass is 10.2. The standard InChI is InChI=1S/C9H18ClNO2/c1-4-11(8(2)7-13-3)9(12)5-6-10/h8H,4-7H2,1-3H3. The summed E-state index contributed by atoms with van der Waals surface area (Å²) >= 11 is 5.50. The topological polar surface area (TPSA) is 29.5 Å². The first-order valence-corrected chi connectivity index (χ1v) is 5.05. The molecule has 0 rings (SSSR count). The Bertz CT molecular complexity index is 153. The fourth-order valence-corrected chi connectivity index (χ4v) is 1.45. The van der Waals surface area contributed by atoms with Crippen LogP contribution in [-0.4, -0.2) is 43.0 Å². The summed E-state index contributed by atoms with van der Waals surface area (Å²) < 4.78 is 4.99. The number of amides is 1. The number of alkyl halides is 1. The Labute approximate surface area is 85.0 Å². The normalized spacial score (nSPS) is 12.6. The third-order valence-electron chi connectivity index (χ3n) is 1.91. The van der Waals surface area contributed by atoms with Gasteiger partial charge in [-0.25, -0.2) is 0 Å². The first-order valence-electron chi connectivity index (χ1n) is 4.51. The van der Waals surface area contributed by atoms with E-state index in [9.17, 15) is 4.79 Å². The number of hydrogen-bond donors (Lipinski definition) is 0. The average molecular weight is 208 g/mol. The molecule has 3 nitrogen and oxygen atoms in total. The number of carbonyl (C=O) groups is 1. The zero-order valence-electron chi connectivity index (χ0n) is 8.55. The van der Waals surface area contributed by atoms with E-state index in [4.69, 9.17) is 16.3 Å². The van der Waals surface area contributed by atoms with E-state index in [-0.39, 0.29) is 11.9 Å². The van der Waals surface area contributed by atoms with Crippen LogP contribution < -0.4 is 0 Å². The largest absolute Gasteiger partial charge is 0.383 e. The Morgan fingerprint density at radius 3 is 2.62 bits per heavy atom. The van der Waals surface area contributed by atoms with Gasteiger partial charge in [0, 0.05) is 26.0 Å². The van der Waals surface area contributed by atoms with Gasteiger partial charge in [-0.1, -0.05) is 0 Å². The van der Waals surface area contributed by atoms with Crippen molar-refractivity contribution in [3.05, 3.63) is 0 Å². The van der Waals surface area contributed by atoms with Gasteiger partial charge in [0.15, 0.2) is 0 Å². The van der Waals surface area contributed by atoms with E-state index in [1.54, 1.807) is 12.0 Å². The molecule has 78 valence electrons.